The fourth-order valence-corrected chi connectivity index (χ4v) is 2.29. The first kappa shape index (κ1) is 17.0. The second kappa shape index (κ2) is 8.34. The summed E-state index contributed by atoms with van der Waals surface area (Å²) in [7, 11) is 3.92. The standard InChI is InChI=1S/C19H24N2O2/c1-4-23-14-17-9-6-5-8-16(17)13-20-19(22)15-10-7-11-18(12-15)21(2)3/h5-12H,4,13-14H2,1-3H3,(H,20,22). The van der Waals surface area contributed by atoms with E-state index in [-0.39, 0.29) is 5.91 Å². The number of nitrogens with one attached hydrogen (secondary N) is 1. The van der Waals surface area contributed by atoms with Gasteiger partial charge >= 0.3 is 0 Å². The number of amides is 1. The van der Waals surface area contributed by atoms with Gasteiger partial charge in [0.2, 0.25) is 0 Å². The molecule has 0 aliphatic heterocycles. The van der Waals surface area contributed by atoms with Crippen LogP contribution in [0.5, 0.6) is 0 Å². The predicted molar refractivity (Wildman–Crippen MR) is 93.7 cm³/mol. The van der Waals surface area contributed by atoms with Crippen LogP contribution >= 0.6 is 0 Å². The van der Waals surface area contributed by atoms with E-state index in [0.29, 0.717) is 25.3 Å². The molecule has 4 nitrogen and oxygen atoms in total. The molecule has 0 unspecified atom stereocenters. The normalized spacial score (nSPS) is 10.4. The lowest BCUT2D eigenvalue weighted by Gasteiger charge is -2.14. The highest BCUT2D eigenvalue weighted by Gasteiger charge is 2.08. The Hall–Kier alpha value is -2.33. The Kier molecular flexibility index (Phi) is 6.18. The Labute approximate surface area is 138 Å². The summed E-state index contributed by atoms with van der Waals surface area (Å²) in [6, 6.07) is 15.6. The Morgan fingerprint density at radius 1 is 1.09 bits per heavy atom. The number of hydrogen-bond acceptors (Lipinski definition) is 3. The van der Waals surface area contributed by atoms with Crippen molar-refractivity contribution in [3.05, 3.63) is 65.2 Å². The number of ether oxygens (including phenoxy) is 1. The maximum Gasteiger partial charge on any atom is 0.251 e. The quantitative estimate of drug-likeness (QED) is 0.853. The zero-order valence-corrected chi connectivity index (χ0v) is 14.0. The third-order valence-corrected chi connectivity index (χ3v) is 3.64. The number of carbonyl (C=O) groups excluding carboxylic acids is 1. The van der Waals surface area contributed by atoms with E-state index in [1.807, 2.05) is 74.4 Å². The maximum atomic E-state index is 12.4. The average molecular weight is 312 g/mol. The molecule has 0 saturated carbocycles. The van der Waals surface area contributed by atoms with E-state index in [4.69, 9.17) is 4.74 Å². The van der Waals surface area contributed by atoms with Crippen LogP contribution in [0.2, 0.25) is 0 Å². The van der Waals surface area contributed by atoms with Gasteiger partial charge in [-0.25, -0.2) is 0 Å². The van der Waals surface area contributed by atoms with Crippen molar-refractivity contribution < 1.29 is 9.53 Å². The minimum absolute atomic E-state index is 0.0695. The number of nitrogens with zero attached hydrogens (tertiary/aromatic N) is 1. The molecule has 0 fully saturated rings. The summed E-state index contributed by atoms with van der Waals surface area (Å²) in [5.74, 6) is -0.0695. The molecule has 2 aromatic carbocycles. The summed E-state index contributed by atoms with van der Waals surface area (Å²) >= 11 is 0. The first-order valence-electron chi connectivity index (χ1n) is 7.82. The van der Waals surface area contributed by atoms with Crippen LogP contribution in [0.1, 0.15) is 28.4 Å². The van der Waals surface area contributed by atoms with Gasteiger partial charge in [0, 0.05) is 38.5 Å². The van der Waals surface area contributed by atoms with Crippen molar-refractivity contribution in [3.63, 3.8) is 0 Å². The van der Waals surface area contributed by atoms with Gasteiger partial charge in [-0.05, 0) is 36.2 Å². The minimum atomic E-state index is -0.0695. The predicted octanol–water partition coefficient (Wildman–Crippen LogP) is 3.22. The van der Waals surface area contributed by atoms with Gasteiger partial charge < -0.3 is 15.0 Å². The molecule has 0 radical (unpaired) electrons. The molecule has 2 aromatic rings. The van der Waals surface area contributed by atoms with Crippen LogP contribution in [-0.4, -0.2) is 26.6 Å². The van der Waals surface area contributed by atoms with Gasteiger partial charge in [-0.2, -0.15) is 0 Å². The first-order valence-corrected chi connectivity index (χ1v) is 7.82. The third kappa shape index (κ3) is 4.83. The SMILES string of the molecule is CCOCc1ccccc1CNC(=O)c1cccc(N(C)C)c1. The fraction of sp³-hybridized carbons (Fsp3) is 0.316. The first-order chi connectivity index (χ1) is 11.1. The lowest BCUT2D eigenvalue weighted by atomic mass is 10.1. The molecule has 0 heterocycles. The van der Waals surface area contributed by atoms with Crippen LogP contribution in [0, 0.1) is 0 Å². The number of rotatable bonds is 7. The lowest BCUT2D eigenvalue weighted by molar-refractivity contribution is 0.0950. The molecule has 122 valence electrons. The second-order valence-electron chi connectivity index (χ2n) is 5.53. The van der Waals surface area contributed by atoms with E-state index in [2.05, 4.69) is 5.32 Å². The molecule has 0 saturated heterocycles. The van der Waals surface area contributed by atoms with Crippen molar-refractivity contribution in [3.8, 4) is 0 Å². The Bertz CT molecular complexity index is 653. The topological polar surface area (TPSA) is 41.6 Å². The highest BCUT2D eigenvalue weighted by Crippen LogP contribution is 2.14. The molecule has 23 heavy (non-hydrogen) atoms. The van der Waals surface area contributed by atoms with Crippen molar-refractivity contribution in [1.82, 2.24) is 5.32 Å². The molecule has 0 bridgehead atoms. The molecular weight excluding hydrogens is 288 g/mol. The van der Waals surface area contributed by atoms with E-state index in [1.54, 1.807) is 0 Å². The molecule has 0 aliphatic carbocycles. The van der Waals surface area contributed by atoms with Gasteiger partial charge in [0.1, 0.15) is 0 Å². The van der Waals surface area contributed by atoms with Crippen molar-refractivity contribution in [1.29, 1.82) is 0 Å². The number of benzene rings is 2. The number of anilines is 1. The van der Waals surface area contributed by atoms with Crippen LogP contribution in [0.15, 0.2) is 48.5 Å². The zero-order chi connectivity index (χ0) is 16.7. The number of carbonyl (C=O) groups is 1. The summed E-state index contributed by atoms with van der Waals surface area (Å²) in [6.45, 7) is 3.72. The summed E-state index contributed by atoms with van der Waals surface area (Å²) in [5.41, 5.74) is 3.86. The van der Waals surface area contributed by atoms with Gasteiger partial charge in [-0.3, -0.25) is 4.79 Å². The molecule has 1 amide bonds. The van der Waals surface area contributed by atoms with Crippen LogP contribution in [0.3, 0.4) is 0 Å². The van der Waals surface area contributed by atoms with E-state index in [1.165, 1.54) is 0 Å². The maximum absolute atomic E-state index is 12.4. The van der Waals surface area contributed by atoms with Gasteiger partial charge in [0.15, 0.2) is 0 Å². The summed E-state index contributed by atoms with van der Waals surface area (Å²) in [6.07, 6.45) is 0. The van der Waals surface area contributed by atoms with E-state index < -0.39 is 0 Å². The van der Waals surface area contributed by atoms with E-state index >= 15 is 0 Å². The van der Waals surface area contributed by atoms with E-state index in [9.17, 15) is 4.79 Å². The Balaban J connectivity index is 2.03. The average Bonchev–Trinajstić information content (AvgIpc) is 2.58. The van der Waals surface area contributed by atoms with Crippen LogP contribution in [0.4, 0.5) is 5.69 Å². The summed E-state index contributed by atoms with van der Waals surface area (Å²) in [5, 5.41) is 2.99. The Morgan fingerprint density at radius 2 is 1.83 bits per heavy atom. The smallest absolute Gasteiger partial charge is 0.251 e. The molecule has 2 rings (SSSR count). The molecule has 4 heteroatoms. The van der Waals surface area contributed by atoms with Crippen molar-refractivity contribution in [2.24, 2.45) is 0 Å². The number of hydrogen-bond donors (Lipinski definition) is 1. The minimum Gasteiger partial charge on any atom is -0.378 e. The van der Waals surface area contributed by atoms with E-state index in [0.717, 1.165) is 16.8 Å². The zero-order valence-electron chi connectivity index (χ0n) is 14.0. The van der Waals surface area contributed by atoms with Crippen molar-refractivity contribution >= 4 is 11.6 Å². The van der Waals surface area contributed by atoms with Gasteiger partial charge in [0.05, 0.1) is 6.61 Å². The summed E-state index contributed by atoms with van der Waals surface area (Å²) < 4.78 is 5.48. The highest BCUT2D eigenvalue weighted by atomic mass is 16.5. The monoisotopic (exact) mass is 312 g/mol. The van der Waals surface area contributed by atoms with Crippen LogP contribution in [-0.2, 0) is 17.9 Å². The summed E-state index contributed by atoms with van der Waals surface area (Å²) in [4.78, 5) is 14.3. The van der Waals surface area contributed by atoms with Crippen LogP contribution < -0.4 is 10.2 Å². The van der Waals surface area contributed by atoms with Crippen molar-refractivity contribution in [2.75, 3.05) is 25.6 Å². The molecule has 0 aliphatic rings. The molecule has 0 atom stereocenters. The molecule has 1 N–H and O–H groups in total. The van der Waals surface area contributed by atoms with Gasteiger partial charge in [-0.1, -0.05) is 30.3 Å². The Morgan fingerprint density at radius 3 is 2.52 bits per heavy atom. The van der Waals surface area contributed by atoms with Gasteiger partial charge in [0.25, 0.3) is 5.91 Å². The highest BCUT2D eigenvalue weighted by molar-refractivity contribution is 5.95. The second-order valence-corrected chi connectivity index (χ2v) is 5.53. The van der Waals surface area contributed by atoms with Crippen molar-refractivity contribution in [2.45, 2.75) is 20.1 Å². The largest absolute Gasteiger partial charge is 0.378 e. The van der Waals surface area contributed by atoms with Gasteiger partial charge in [-0.15, -0.1) is 0 Å². The third-order valence-electron chi connectivity index (χ3n) is 3.64. The molecular formula is C19H24N2O2. The lowest BCUT2D eigenvalue weighted by Crippen LogP contribution is -2.23. The molecule has 0 spiro atoms. The fourth-order valence-electron chi connectivity index (χ4n) is 2.29. The van der Waals surface area contributed by atoms with Crippen LogP contribution in [0.25, 0.3) is 0 Å². The molecule has 0 aromatic heterocycles.